The van der Waals surface area contributed by atoms with E-state index in [4.69, 9.17) is 4.43 Å². The SMILES string of the molecule is CC(C)[Si](O[C@@H](/C=C/c1ccccc1)CC=O)(C(C)C)C(C)C. The second kappa shape index (κ2) is 9.19. The first kappa shape index (κ1) is 19.9. The largest absolute Gasteiger partial charge is 0.409 e. The van der Waals surface area contributed by atoms with Gasteiger partial charge in [-0.25, -0.2) is 0 Å². The van der Waals surface area contributed by atoms with Crippen LogP contribution < -0.4 is 0 Å². The van der Waals surface area contributed by atoms with Crippen molar-refractivity contribution in [3.8, 4) is 0 Å². The minimum atomic E-state index is -1.98. The van der Waals surface area contributed by atoms with Crippen LogP contribution in [-0.4, -0.2) is 20.7 Å². The van der Waals surface area contributed by atoms with Crippen molar-refractivity contribution >= 4 is 20.7 Å². The van der Waals surface area contributed by atoms with Crippen molar-refractivity contribution in [3.63, 3.8) is 0 Å². The molecule has 1 aromatic rings. The van der Waals surface area contributed by atoms with Crippen molar-refractivity contribution in [1.29, 1.82) is 0 Å². The van der Waals surface area contributed by atoms with Crippen LogP contribution in [0.1, 0.15) is 53.5 Å². The molecule has 0 saturated carbocycles. The lowest BCUT2D eigenvalue weighted by Crippen LogP contribution is -2.50. The number of benzene rings is 1. The zero-order valence-corrected chi connectivity index (χ0v) is 16.5. The Kier molecular flexibility index (Phi) is 7.93. The van der Waals surface area contributed by atoms with Gasteiger partial charge in [-0.3, -0.25) is 0 Å². The molecule has 0 heterocycles. The molecule has 0 aromatic heterocycles. The predicted octanol–water partition coefficient (Wildman–Crippen LogP) is 5.85. The van der Waals surface area contributed by atoms with E-state index in [0.717, 1.165) is 11.8 Å². The van der Waals surface area contributed by atoms with Gasteiger partial charge in [-0.1, -0.05) is 84.0 Å². The van der Waals surface area contributed by atoms with Gasteiger partial charge in [0.2, 0.25) is 8.32 Å². The van der Waals surface area contributed by atoms with Gasteiger partial charge in [0.15, 0.2) is 0 Å². The maximum atomic E-state index is 11.1. The van der Waals surface area contributed by atoms with Crippen molar-refractivity contribution in [3.05, 3.63) is 42.0 Å². The van der Waals surface area contributed by atoms with E-state index in [0.29, 0.717) is 23.0 Å². The number of aldehydes is 1. The summed E-state index contributed by atoms with van der Waals surface area (Å²) in [6.07, 6.45) is 5.38. The van der Waals surface area contributed by atoms with E-state index in [2.05, 4.69) is 65.8 Å². The standard InChI is InChI=1S/C20H32O2Si/c1-16(2)23(17(3)4,18(5)6)22-20(14-15-21)13-12-19-10-8-7-9-11-19/h7-13,15-18,20H,14H2,1-6H3/b13-12+/t20-/m0/s1. The van der Waals surface area contributed by atoms with Gasteiger partial charge in [-0.15, -0.1) is 0 Å². The summed E-state index contributed by atoms with van der Waals surface area (Å²) in [5, 5.41) is 0. The Labute approximate surface area is 143 Å². The Morgan fingerprint density at radius 3 is 1.91 bits per heavy atom. The molecule has 0 aliphatic heterocycles. The third-order valence-corrected chi connectivity index (χ3v) is 10.8. The molecule has 3 heteroatoms. The molecule has 0 amide bonds. The molecular weight excluding hydrogens is 300 g/mol. The summed E-state index contributed by atoms with van der Waals surface area (Å²) >= 11 is 0. The van der Waals surface area contributed by atoms with Gasteiger partial charge in [0.1, 0.15) is 6.29 Å². The monoisotopic (exact) mass is 332 g/mol. The van der Waals surface area contributed by atoms with Crippen LogP contribution in [0.3, 0.4) is 0 Å². The maximum Gasteiger partial charge on any atom is 0.201 e. The van der Waals surface area contributed by atoms with E-state index in [1.54, 1.807) is 0 Å². The molecule has 0 saturated heterocycles. The van der Waals surface area contributed by atoms with Crippen LogP contribution in [0.5, 0.6) is 0 Å². The first-order valence-electron chi connectivity index (χ1n) is 8.69. The molecule has 0 unspecified atom stereocenters. The van der Waals surface area contributed by atoms with Crippen molar-refractivity contribution in [2.45, 2.75) is 70.7 Å². The fourth-order valence-electron chi connectivity index (χ4n) is 3.71. The number of carbonyl (C=O) groups is 1. The number of hydrogen-bond acceptors (Lipinski definition) is 2. The molecule has 0 N–H and O–H groups in total. The normalized spacial score (nSPS) is 14.1. The molecule has 1 aromatic carbocycles. The fourth-order valence-corrected chi connectivity index (χ4v) is 9.23. The summed E-state index contributed by atoms with van der Waals surface area (Å²) in [4.78, 5) is 11.1. The summed E-state index contributed by atoms with van der Waals surface area (Å²) < 4.78 is 6.71. The van der Waals surface area contributed by atoms with E-state index < -0.39 is 8.32 Å². The van der Waals surface area contributed by atoms with Crippen LogP contribution in [0.2, 0.25) is 16.6 Å². The van der Waals surface area contributed by atoms with E-state index >= 15 is 0 Å². The van der Waals surface area contributed by atoms with Crippen LogP contribution in [0.15, 0.2) is 36.4 Å². The predicted molar refractivity (Wildman–Crippen MR) is 102 cm³/mol. The third-order valence-electron chi connectivity index (χ3n) is 4.69. The van der Waals surface area contributed by atoms with Gasteiger partial charge in [-0.05, 0) is 22.2 Å². The molecule has 128 valence electrons. The van der Waals surface area contributed by atoms with Gasteiger partial charge in [0.05, 0.1) is 6.10 Å². The highest BCUT2D eigenvalue weighted by Crippen LogP contribution is 2.43. The number of rotatable bonds is 9. The smallest absolute Gasteiger partial charge is 0.201 e. The van der Waals surface area contributed by atoms with E-state index in [1.165, 1.54) is 0 Å². The summed E-state index contributed by atoms with van der Waals surface area (Å²) in [6, 6.07) is 10.2. The first-order chi connectivity index (χ1) is 10.8. The Balaban J connectivity index is 3.04. The van der Waals surface area contributed by atoms with Crippen LogP contribution in [0, 0.1) is 0 Å². The minimum absolute atomic E-state index is 0.133. The van der Waals surface area contributed by atoms with E-state index in [1.807, 2.05) is 18.2 Å². The first-order valence-corrected chi connectivity index (χ1v) is 10.8. The lowest BCUT2D eigenvalue weighted by molar-refractivity contribution is -0.108. The lowest BCUT2D eigenvalue weighted by Gasteiger charge is -2.44. The second-order valence-electron chi connectivity index (χ2n) is 7.15. The number of carbonyl (C=O) groups excluding carboxylic acids is 1. The van der Waals surface area contributed by atoms with Gasteiger partial charge < -0.3 is 9.22 Å². The Bertz CT molecular complexity index is 470. The van der Waals surface area contributed by atoms with Gasteiger partial charge in [-0.2, -0.15) is 0 Å². The second-order valence-corrected chi connectivity index (χ2v) is 12.6. The van der Waals surface area contributed by atoms with Crippen LogP contribution >= 0.6 is 0 Å². The molecule has 0 fully saturated rings. The highest BCUT2D eigenvalue weighted by Gasteiger charge is 2.46. The topological polar surface area (TPSA) is 26.3 Å². The molecule has 1 atom stereocenters. The molecule has 23 heavy (non-hydrogen) atoms. The zero-order chi connectivity index (χ0) is 17.5. The maximum absolute atomic E-state index is 11.1. The number of hydrogen-bond donors (Lipinski definition) is 0. The molecule has 0 radical (unpaired) electrons. The van der Waals surface area contributed by atoms with Crippen molar-refractivity contribution in [2.24, 2.45) is 0 Å². The lowest BCUT2D eigenvalue weighted by atomic mass is 10.1. The van der Waals surface area contributed by atoms with Gasteiger partial charge in [0.25, 0.3) is 0 Å². The molecule has 0 spiro atoms. The Morgan fingerprint density at radius 1 is 0.957 bits per heavy atom. The summed E-state index contributed by atoms with van der Waals surface area (Å²) in [5.74, 6) is 0. The van der Waals surface area contributed by atoms with E-state index in [-0.39, 0.29) is 6.10 Å². The summed E-state index contributed by atoms with van der Waals surface area (Å²) in [7, 11) is -1.98. The quantitative estimate of drug-likeness (QED) is 0.419. The molecule has 0 aliphatic carbocycles. The molecule has 0 aliphatic rings. The average Bonchev–Trinajstić information content (AvgIpc) is 2.49. The highest BCUT2D eigenvalue weighted by atomic mass is 28.4. The fraction of sp³-hybridized carbons (Fsp3) is 0.550. The van der Waals surface area contributed by atoms with E-state index in [9.17, 15) is 4.79 Å². The molecule has 1 rings (SSSR count). The third kappa shape index (κ3) is 5.15. The minimum Gasteiger partial charge on any atom is -0.409 e. The van der Waals surface area contributed by atoms with Crippen molar-refractivity contribution < 1.29 is 9.22 Å². The van der Waals surface area contributed by atoms with Crippen LogP contribution in [-0.2, 0) is 9.22 Å². The molecule has 2 nitrogen and oxygen atoms in total. The van der Waals surface area contributed by atoms with Crippen molar-refractivity contribution in [2.75, 3.05) is 0 Å². The van der Waals surface area contributed by atoms with Gasteiger partial charge >= 0.3 is 0 Å². The highest BCUT2D eigenvalue weighted by molar-refractivity contribution is 6.77. The molecule has 0 bridgehead atoms. The molecular formula is C20H32O2Si. The Hall–Kier alpha value is -1.19. The summed E-state index contributed by atoms with van der Waals surface area (Å²) in [5.41, 5.74) is 2.68. The van der Waals surface area contributed by atoms with Crippen molar-refractivity contribution in [1.82, 2.24) is 0 Å². The zero-order valence-electron chi connectivity index (χ0n) is 15.5. The van der Waals surface area contributed by atoms with Crippen LogP contribution in [0.4, 0.5) is 0 Å². The Morgan fingerprint density at radius 2 is 1.48 bits per heavy atom. The average molecular weight is 333 g/mol. The van der Waals surface area contributed by atoms with Gasteiger partial charge in [0, 0.05) is 6.42 Å². The van der Waals surface area contributed by atoms with Crippen LogP contribution in [0.25, 0.3) is 6.08 Å². The summed E-state index contributed by atoms with van der Waals surface area (Å²) in [6.45, 7) is 13.6.